The summed E-state index contributed by atoms with van der Waals surface area (Å²) in [5.74, 6) is 1.08. The molecule has 0 aliphatic carbocycles. The summed E-state index contributed by atoms with van der Waals surface area (Å²) < 4.78 is 76.0. The van der Waals surface area contributed by atoms with Gasteiger partial charge in [0.15, 0.2) is 5.60 Å². The molecule has 1 spiro atoms. The Bertz CT molecular complexity index is 2900. The Morgan fingerprint density at radius 2 is 1.24 bits per heavy atom. The van der Waals surface area contributed by atoms with Gasteiger partial charge in [0.05, 0.1) is 57.1 Å². The van der Waals surface area contributed by atoms with Crippen LogP contribution >= 0.6 is 25.1 Å². The highest BCUT2D eigenvalue weighted by atomic mass is 32.7. The minimum atomic E-state index is -2.39. The van der Waals surface area contributed by atoms with Crippen LogP contribution in [0.25, 0.3) is 0 Å². The topological polar surface area (TPSA) is 256 Å². The van der Waals surface area contributed by atoms with Crippen LogP contribution in [0.4, 0.5) is 0 Å². The Labute approximate surface area is 552 Å². The van der Waals surface area contributed by atoms with E-state index in [0.717, 1.165) is 51.6 Å². The van der Waals surface area contributed by atoms with E-state index in [2.05, 4.69) is 39.9 Å². The summed E-state index contributed by atoms with van der Waals surface area (Å²) >= 11 is 19.6. The number of amides is 1. The average Bonchev–Trinajstić information content (AvgIpc) is 1.62. The molecule has 3 aromatic carbocycles. The Kier molecular flexibility index (Phi) is 29.9. The number of rotatable bonds is 22. The van der Waals surface area contributed by atoms with Crippen LogP contribution in [0.15, 0.2) is 54.6 Å². The van der Waals surface area contributed by atoms with Gasteiger partial charge in [0.25, 0.3) is 5.91 Å². The minimum Gasteiger partial charge on any atom is -0.821 e. The van der Waals surface area contributed by atoms with E-state index in [1.807, 2.05) is 0 Å². The van der Waals surface area contributed by atoms with E-state index >= 15 is 0 Å². The molecule has 6 heterocycles. The molecule has 3 aromatic rings. The molecule has 0 saturated carbocycles. The lowest BCUT2D eigenvalue weighted by molar-refractivity contribution is -0.161. The maximum atomic E-state index is 13.2. The summed E-state index contributed by atoms with van der Waals surface area (Å²) in [6.07, 6.45) is 3.20. The van der Waals surface area contributed by atoms with Crippen molar-refractivity contribution in [3.8, 4) is 23.0 Å². The third-order valence-electron chi connectivity index (χ3n) is 16.2. The van der Waals surface area contributed by atoms with Gasteiger partial charge in [0.2, 0.25) is 0 Å². The summed E-state index contributed by atoms with van der Waals surface area (Å²) in [5, 5.41) is 23.0. The van der Waals surface area contributed by atoms with Crippen molar-refractivity contribution in [2.75, 3.05) is 99.0 Å². The molecule has 0 radical (unpaired) electrons. The number of ether oxygens (including phenoxy) is 9. The van der Waals surface area contributed by atoms with E-state index in [4.69, 9.17) is 93.0 Å². The molecule has 26 heteroatoms. The number of hydrogen-bond acceptors (Lipinski definition) is 21. The van der Waals surface area contributed by atoms with E-state index in [1.54, 1.807) is 78.3 Å². The average molecular weight is 1400 g/mol. The molecule has 0 aromatic heterocycles. The highest BCUT2D eigenvalue weighted by molar-refractivity contribution is 8.36. The van der Waals surface area contributed by atoms with Gasteiger partial charge in [0, 0.05) is 82.0 Å². The molecule has 4 saturated heterocycles. The molecule has 6 aliphatic heterocycles. The number of hydrogen-bond donors (Lipinski definition) is 3. The molecular weight excluding hydrogens is 1290 g/mol. The first-order valence-corrected chi connectivity index (χ1v) is 44.0. The Morgan fingerprint density at radius 1 is 0.753 bits per heavy atom. The lowest BCUT2D eigenvalue weighted by Crippen LogP contribution is -2.33. The molecular formula is C63H97NO17P4S4-4. The third-order valence-corrected chi connectivity index (χ3v) is 22.6. The van der Waals surface area contributed by atoms with Crippen molar-refractivity contribution in [3.63, 3.8) is 0 Å². The van der Waals surface area contributed by atoms with Crippen LogP contribution in [0.1, 0.15) is 145 Å². The van der Waals surface area contributed by atoms with Crippen molar-refractivity contribution >= 4 is 84.7 Å². The van der Waals surface area contributed by atoms with Crippen molar-refractivity contribution < 1.29 is 84.4 Å². The van der Waals surface area contributed by atoms with Gasteiger partial charge in [-0.05, 0) is 190 Å². The first kappa shape index (κ1) is 74.5. The van der Waals surface area contributed by atoms with Gasteiger partial charge < -0.3 is 89.7 Å². The van der Waals surface area contributed by atoms with Gasteiger partial charge >= 0.3 is 5.97 Å². The molecule has 17 atom stereocenters. The monoisotopic (exact) mass is 1400 g/mol. The normalized spacial score (nSPS) is 29.4. The number of benzene rings is 3. The fourth-order valence-corrected chi connectivity index (χ4v) is 17.8. The molecule has 0 bridgehead atoms. The van der Waals surface area contributed by atoms with Crippen molar-refractivity contribution in [3.05, 3.63) is 82.4 Å². The first-order chi connectivity index (χ1) is 42.5. The molecule has 4 fully saturated rings. The summed E-state index contributed by atoms with van der Waals surface area (Å²) in [6.45, 7) is 17.3. The van der Waals surface area contributed by atoms with E-state index in [1.165, 1.54) is 24.3 Å². The number of aromatic hydroxyl groups is 2. The quantitative estimate of drug-likeness (QED) is 0.0366. The third kappa shape index (κ3) is 24.7. The number of phenols is 2. The zero-order valence-electron chi connectivity index (χ0n) is 55.7. The fraction of sp³-hybridized carbons (Fsp3) is 0.683. The van der Waals surface area contributed by atoms with Gasteiger partial charge in [0.1, 0.15) is 23.0 Å². The Morgan fingerprint density at radius 3 is 1.67 bits per heavy atom. The molecule has 1 amide bonds. The maximum absolute atomic E-state index is 13.2. The number of unbranched alkanes of at least 4 members (excludes halogenated alkanes) is 1. The molecule has 9 rings (SSSR count). The molecule has 3 N–H and O–H groups in total. The van der Waals surface area contributed by atoms with Crippen LogP contribution in [0.5, 0.6) is 23.0 Å². The van der Waals surface area contributed by atoms with E-state index in [-0.39, 0.29) is 59.6 Å². The number of nitrogens with one attached hydrogen (secondary N) is 1. The van der Waals surface area contributed by atoms with Gasteiger partial charge in [-0.2, -0.15) is 0 Å². The number of carbonyl (C=O) groups excluding carboxylic acids is 2. The standard InChI is InChI=1S/C29H29NO7.2C9H19O2PS.2C8H17O3PS/c1-17(16-35-2)5-3-4-12-30-27(33)18-6-9-22-21(13-18)28(34)37-29(22)23-10-7-19(31)14-25(23)36-26-15-20(32)8-11-24(26)29;2*1-4-9-8(5-7(2)11-9)6-12(3,10)13;2*1-10-7-3-5-11-8(7)4-6-12(2,9)13/h6-11,13-15,17,31-32H,3-5,12,16H2,1-2H3,(H,30,33);2*7-9H,4-6H2,1-3H3,(H,10,13);2*7-8H,3-6H2,1-2H3,(H,9,13)/p-4/t;2*7-,8-,9+,12?;2*7-,8-,12?/m.0011/s1/i;;;2*5T/t;;;2*5-,7+,8+,12?/m...00. The highest BCUT2D eigenvalue weighted by Crippen LogP contribution is 2.57. The van der Waals surface area contributed by atoms with Crippen molar-refractivity contribution in [1.29, 1.82) is 0 Å². The maximum Gasteiger partial charge on any atom is 0.340 e. The number of fused-ring (bicyclic) bond motifs is 6. The second-order valence-corrected chi connectivity index (χ2v) is 43.5. The van der Waals surface area contributed by atoms with E-state index < -0.39 is 49.9 Å². The zero-order chi connectivity index (χ0) is 67.8. The van der Waals surface area contributed by atoms with E-state index in [9.17, 15) is 39.0 Å². The molecule has 6 aliphatic rings. The van der Waals surface area contributed by atoms with Crippen LogP contribution in [0.3, 0.4) is 0 Å². The minimum absolute atomic E-state index is 0.0118. The molecule has 18 nitrogen and oxygen atoms in total. The van der Waals surface area contributed by atoms with Gasteiger partial charge in [-0.15, -0.1) is 54.2 Å². The molecule has 504 valence electrons. The van der Waals surface area contributed by atoms with Crippen LogP contribution < -0.4 is 24.7 Å². The second-order valence-electron chi connectivity index (χ2n) is 24.5. The second kappa shape index (κ2) is 35.8. The smallest absolute Gasteiger partial charge is 0.340 e. The van der Waals surface area contributed by atoms with Crippen molar-refractivity contribution in [1.82, 2.24) is 5.32 Å². The summed E-state index contributed by atoms with van der Waals surface area (Å²) in [4.78, 5) is 60.1. The predicted molar refractivity (Wildman–Crippen MR) is 361 cm³/mol. The zero-order valence-corrected chi connectivity index (χ0v) is 60.5. The summed E-state index contributed by atoms with van der Waals surface area (Å²) in [6, 6.07) is 14.1. The fourth-order valence-electron chi connectivity index (χ4n) is 12.1. The lowest BCUT2D eigenvalue weighted by Gasteiger charge is -2.36. The number of methoxy groups -OCH3 is 3. The Balaban J connectivity index is 0.000000231. The number of phenolic OH excluding ortho intramolecular Hbond substituents is 2. The van der Waals surface area contributed by atoms with Crippen LogP contribution in [0, 0.1) is 17.8 Å². The summed E-state index contributed by atoms with van der Waals surface area (Å²) in [5.41, 5.74) is 0.935. The SMILES string of the molecule is CC[C@H]1O[C@@H](C)C[C@H]1CP(C)(=O)[S-].CC[C@H]1O[C@@H](C)C[C@H]1CP(C)([O-])=S.COCC(C)CCCCNC(=O)c1ccc2c(c1)C(=O)OC21c2ccc(O)cc2Oc2cc(O)ccc21.[3H][C@H]1C[C@@H](OC)[C@@H](CCP(C)([O-])=S)O1.[3H][C@H]1C[C@@H](OC)[C@@H](CCP(C)([O-])=S)O1. The van der Waals surface area contributed by atoms with E-state index in [0.29, 0.717) is 121 Å². The van der Waals surface area contributed by atoms with Crippen molar-refractivity contribution in [2.24, 2.45) is 17.8 Å². The predicted octanol–water partition coefficient (Wildman–Crippen LogP) is 10.2. The van der Waals surface area contributed by atoms with Gasteiger partial charge in [-0.25, -0.2) is 4.79 Å². The van der Waals surface area contributed by atoms with Crippen molar-refractivity contribution in [2.45, 2.75) is 160 Å². The largest absolute Gasteiger partial charge is 0.821 e. The number of esters is 1. The van der Waals surface area contributed by atoms with Gasteiger partial charge in [-0.1, -0.05) is 33.3 Å². The summed E-state index contributed by atoms with van der Waals surface area (Å²) in [7, 11) is 4.91. The van der Waals surface area contributed by atoms with Crippen LogP contribution in [-0.2, 0) is 95.7 Å². The lowest BCUT2D eigenvalue weighted by atomic mass is 9.77. The van der Waals surface area contributed by atoms with Crippen LogP contribution in [0.2, 0.25) is 0 Å². The molecule has 89 heavy (non-hydrogen) atoms. The van der Waals surface area contributed by atoms with Crippen LogP contribution in [-0.4, -0.2) is 170 Å². The molecule has 5 unspecified atom stereocenters. The van der Waals surface area contributed by atoms with Gasteiger partial charge in [-0.3, -0.25) is 4.79 Å². The highest BCUT2D eigenvalue weighted by Gasteiger charge is 2.54. The Hall–Kier alpha value is -1.87. The number of carbonyl (C=O) groups is 2. The first-order valence-electron chi connectivity index (χ1n) is 31.8.